The first kappa shape index (κ1) is 15.6. The van der Waals surface area contributed by atoms with Gasteiger partial charge in [0.25, 0.3) is 0 Å². The summed E-state index contributed by atoms with van der Waals surface area (Å²) in [5.74, 6) is -0.828. The van der Waals surface area contributed by atoms with Gasteiger partial charge in [-0.25, -0.2) is 10.2 Å². The zero-order chi connectivity index (χ0) is 17.6. The van der Waals surface area contributed by atoms with Gasteiger partial charge in [0, 0.05) is 6.20 Å². The maximum Gasteiger partial charge on any atom is 0.387 e. The summed E-state index contributed by atoms with van der Waals surface area (Å²) in [6.07, 6.45) is 2.54. The van der Waals surface area contributed by atoms with Crippen molar-refractivity contribution in [2.45, 2.75) is 19.1 Å². The highest BCUT2D eigenvalue weighted by molar-refractivity contribution is 5.88. The Morgan fingerprint density at radius 2 is 2.12 bits per heavy atom. The number of nitrogens with zero attached hydrogens (tertiary/aromatic N) is 1. The number of benzene rings is 2. The van der Waals surface area contributed by atoms with Crippen LogP contribution in [0.15, 0.2) is 54.2 Å². The predicted octanol–water partition coefficient (Wildman–Crippen LogP) is 3.49. The van der Waals surface area contributed by atoms with E-state index in [2.05, 4.69) is 10.2 Å². The number of hydrazine groups is 1. The SMILES string of the molecule is O=C(O)c1cccc(N2C=C3Cc4cc(OC(F)F)ccc4C3N2)c1. The standard InChI is InChI=1S/C18H14F2N2O3/c19-18(20)25-14-4-5-15-11(8-14)6-12-9-22(21-16(12)15)13-3-1-2-10(7-13)17(23)24/h1-5,7-9,16,18,21H,6H2,(H,23,24). The normalized spacial score (nSPS) is 18.1. The molecule has 0 aromatic heterocycles. The van der Waals surface area contributed by atoms with Crippen molar-refractivity contribution in [3.63, 3.8) is 0 Å². The second-order valence-corrected chi connectivity index (χ2v) is 5.91. The van der Waals surface area contributed by atoms with Crippen LogP contribution in [0.2, 0.25) is 0 Å². The van der Waals surface area contributed by atoms with Crippen LogP contribution in [-0.2, 0) is 6.42 Å². The Bertz CT molecular complexity index is 882. The molecule has 1 aliphatic carbocycles. The molecule has 1 unspecified atom stereocenters. The molecule has 7 heteroatoms. The first-order valence-corrected chi connectivity index (χ1v) is 7.68. The summed E-state index contributed by atoms with van der Waals surface area (Å²) in [7, 11) is 0. The van der Waals surface area contributed by atoms with Crippen LogP contribution >= 0.6 is 0 Å². The van der Waals surface area contributed by atoms with Crippen molar-refractivity contribution in [2.75, 3.05) is 5.01 Å². The molecular formula is C18H14F2N2O3. The number of carbonyl (C=O) groups is 1. The van der Waals surface area contributed by atoms with Gasteiger partial charge in [0.2, 0.25) is 0 Å². The van der Waals surface area contributed by atoms with E-state index in [4.69, 9.17) is 5.11 Å². The van der Waals surface area contributed by atoms with Crippen molar-refractivity contribution in [2.24, 2.45) is 0 Å². The smallest absolute Gasteiger partial charge is 0.387 e. The van der Waals surface area contributed by atoms with Crippen molar-refractivity contribution in [1.82, 2.24) is 5.43 Å². The lowest BCUT2D eigenvalue weighted by atomic mass is 10.1. The molecule has 0 saturated carbocycles. The van der Waals surface area contributed by atoms with E-state index in [1.165, 1.54) is 12.1 Å². The molecule has 2 N–H and O–H groups in total. The number of alkyl halides is 2. The summed E-state index contributed by atoms with van der Waals surface area (Å²) in [4.78, 5) is 11.1. The van der Waals surface area contributed by atoms with Crippen LogP contribution in [0.1, 0.15) is 27.5 Å². The Kier molecular flexibility index (Phi) is 3.65. The zero-order valence-corrected chi connectivity index (χ0v) is 12.9. The van der Waals surface area contributed by atoms with E-state index in [-0.39, 0.29) is 17.4 Å². The Morgan fingerprint density at radius 3 is 2.88 bits per heavy atom. The molecule has 0 amide bonds. The van der Waals surface area contributed by atoms with Gasteiger partial charge < -0.3 is 9.84 Å². The van der Waals surface area contributed by atoms with Gasteiger partial charge in [0.05, 0.1) is 17.3 Å². The number of carboxylic acids is 1. The second-order valence-electron chi connectivity index (χ2n) is 5.91. The summed E-state index contributed by atoms with van der Waals surface area (Å²) in [6.45, 7) is -2.84. The number of fused-ring (bicyclic) bond motifs is 3. The highest BCUT2D eigenvalue weighted by Crippen LogP contribution is 2.41. The second kappa shape index (κ2) is 5.86. The lowest BCUT2D eigenvalue weighted by molar-refractivity contribution is -0.0498. The van der Waals surface area contributed by atoms with Crippen molar-refractivity contribution >= 4 is 11.7 Å². The monoisotopic (exact) mass is 344 g/mol. The maximum atomic E-state index is 12.3. The van der Waals surface area contributed by atoms with Gasteiger partial charge in [0.15, 0.2) is 0 Å². The highest BCUT2D eigenvalue weighted by atomic mass is 19.3. The van der Waals surface area contributed by atoms with Gasteiger partial charge in [0.1, 0.15) is 5.75 Å². The number of carboxylic acid groups (broad SMARTS) is 1. The largest absolute Gasteiger partial charge is 0.478 e. The Labute approximate surface area is 142 Å². The van der Waals surface area contributed by atoms with E-state index < -0.39 is 12.6 Å². The molecule has 25 heavy (non-hydrogen) atoms. The molecule has 4 rings (SSSR count). The molecule has 1 atom stereocenters. The van der Waals surface area contributed by atoms with Crippen LogP contribution in [0.4, 0.5) is 14.5 Å². The van der Waals surface area contributed by atoms with Crippen LogP contribution < -0.4 is 15.2 Å². The third-order valence-electron chi connectivity index (χ3n) is 4.35. The number of halogens is 2. The summed E-state index contributed by atoms with van der Waals surface area (Å²) in [5, 5.41) is 10.9. The van der Waals surface area contributed by atoms with Crippen molar-refractivity contribution in [3.8, 4) is 5.75 Å². The fourth-order valence-corrected chi connectivity index (χ4v) is 3.27. The fourth-order valence-electron chi connectivity index (χ4n) is 3.27. The van der Waals surface area contributed by atoms with Gasteiger partial charge >= 0.3 is 12.6 Å². The summed E-state index contributed by atoms with van der Waals surface area (Å²) >= 11 is 0. The van der Waals surface area contributed by atoms with Crippen molar-refractivity contribution in [1.29, 1.82) is 0 Å². The van der Waals surface area contributed by atoms with Gasteiger partial charge in [-0.1, -0.05) is 12.1 Å². The fraction of sp³-hybridized carbons (Fsp3) is 0.167. The molecular weight excluding hydrogens is 330 g/mol. The number of rotatable bonds is 4. The number of aromatic carboxylic acids is 1. The average molecular weight is 344 g/mol. The highest BCUT2D eigenvalue weighted by Gasteiger charge is 2.33. The minimum Gasteiger partial charge on any atom is -0.478 e. The first-order valence-electron chi connectivity index (χ1n) is 7.68. The minimum absolute atomic E-state index is 0.0518. The molecule has 2 aromatic carbocycles. The van der Waals surface area contributed by atoms with E-state index in [9.17, 15) is 13.6 Å². The molecule has 0 spiro atoms. The minimum atomic E-state index is -2.84. The Hall–Kier alpha value is -2.93. The summed E-state index contributed by atoms with van der Waals surface area (Å²) in [5.41, 5.74) is 7.28. The van der Waals surface area contributed by atoms with Gasteiger partial charge in [-0.3, -0.25) is 5.01 Å². The van der Waals surface area contributed by atoms with Crippen LogP contribution in [0, 0.1) is 0 Å². The maximum absolute atomic E-state index is 12.3. The van der Waals surface area contributed by atoms with Gasteiger partial charge in [-0.2, -0.15) is 8.78 Å². The third kappa shape index (κ3) is 2.83. The predicted molar refractivity (Wildman–Crippen MR) is 86.6 cm³/mol. The van der Waals surface area contributed by atoms with Crippen molar-refractivity contribution in [3.05, 3.63) is 70.9 Å². The molecule has 0 fully saturated rings. The topological polar surface area (TPSA) is 61.8 Å². The molecule has 0 radical (unpaired) electrons. The lowest BCUT2D eigenvalue weighted by Gasteiger charge is -2.20. The molecule has 2 aromatic rings. The Balaban J connectivity index is 1.58. The number of ether oxygens (including phenoxy) is 1. The molecule has 5 nitrogen and oxygen atoms in total. The number of nitrogens with one attached hydrogen (secondary N) is 1. The van der Waals surface area contributed by atoms with Crippen LogP contribution in [0.3, 0.4) is 0 Å². The molecule has 1 aliphatic heterocycles. The molecule has 2 aliphatic rings. The van der Waals surface area contributed by atoms with Gasteiger partial charge in [-0.05, 0) is 53.5 Å². The van der Waals surface area contributed by atoms with Crippen LogP contribution in [0.25, 0.3) is 0 Å². The Morgan fingerprint density at radius 1 is 1.28 bits per heavy atom. The summed E-state index contributed by atoms with van der Waals surface area (Å²) < 4.78 is 29.1. The number of hydrogen-bond donors (Lipinski definition) is 2. The number of hydrogen-bond acceptors (Lipinski definition) is 4. The molecule has 0 saturated heterocycles. The van der Waals surface area contributed by atoms with E-state index in [0.717, 1.165) is 22.4 Å². The van der Waals surface area contributed by atoms with Crippen molar-refractivity contribution < 1.29 is 23.4 Å². The van der Waals surface area contributed by atoms with E-state index in [1.807, 2.05) is 12.3 Å². The lowest BCUT2D eigenvalue weighted by Crippen LogP contribution is -2.30. The number of anilines is 1. The van der Waals surface area contributed by atoms with E-state index in [0.29, 0.717) is 6.42 Å². The van der Waals surface area contributed by atoms with Crippen LogP contribution in [0.5, 0.6) is 5.75 Å². The third-order valence-corrected chi connectivity index (χ3v) is 4.35. The molecule has 128 valence electrons. The molecule has 0 bridgehead atoms. The first-order chi connectivity index (χ1) is 12.0. The summed E-state index contributed by atoms with van der Waals surface area (Å²) in [6, 6.07) is 11.5. The zero-order valence-electron chi connectivity index (χ0n) is 12.9. The quantitative estimate of drug-likeness (QED) is 0.889. The van der Waals surface area contributed by atoms with E-state index in [1.54, 1.807) is 29.3 Å². The van der Waals surface area contributed by atoms with Crippen LogP contribution in [-0.4, -0.2) is 17.7 Å². The van der Waals surface area contributed by atoms with Gasteiger partial charge in [-0.15, -0.1) is 0 Å². The molecule has 1 heterocycles. The van der Waals surface area contributed by atoms with E-state index >= 15 is 0 Å². The average Bonchev–Trinajstić information content (AvgIpc) is 3.11.